The first kappa shape index (κ1) is 16.3. The van der Waals surface area contributed by atoms with E-state index in [1.54, 1.807) is 12.1 Å². The topological polar surface area (TPSA) is 37.8 Å². The molecule has 2 aromatic rings. The van der Waals surface area contributed by atoms with E-state index in [0.717, 1.165) is 17.1 Å². The Hall–Kier alpha value is -1.04. The van der Waals surface area contributed by atoms with E-state index in [4.69, 9.17) is 11.6 Å². The molecule has 0 amide bonds. The van der Waals surface area contributed by atoms with Crippen LogP contribution in [0.2, 0.25) is 5.02 Å². The molecule has 0 saturated carbocycles. The molecule has 0 aliphatic heterocycles. The number of halogens is 2. The Morgan fingerprint density at radius 3 is 2.76 bits per heavy atom. The number of hydrogen-bond acceptors (Lipinski definition) is 4. The van der Waals surface area contributed by atoms with Gasteiger partial charge in [0.1, 0.15) is 5.82 Å². The van der Waals surface area contributed by atoms with E-state index in [2.05, 4.69) is 28.8 Å². The van der Waals surface area contributed by atoms with Crippen molar-refractivity contribution in [3.8, 4) is 0 Å². The number of nitrogens with zero attached hydrogens (tertiary/aromatic N) is 2. The summed E-state index contributed by atoms with van der Waals surface area (Å²) in [5.74, 6) is 0.0185. The van der Waals surface area contributed by atoms with E-state index in [9.17, 15) is 4.39 Å². The molecule has 6 heteroatoms. The predicted octanol–water partition coefficient (Wildman–Crippen LogP) is 4.35. The lowest BCUT2D eigenvalue weighted by atomic mass is 9.99. The Morgan fingerprint density at radius 2 is 2.14 bits per heavy atom. The van der Waals surface area contributed by atoms with Crippen LogP contribution in [0.3, 0.4) is 0 Å². The summed E-state index contributed by atoms with van der Waals surface area (Å²) in [5, 5.41) is 8.06. The Balaban J connectivity index is 2.33. The molecule has 0 bridgehead atoms. The highest BCUT2D eigenvalue weighted by atomic mass is 35.5. The molecule has 0 saturated heterocycles. The zero-order valence-corrected chi connectivity index (χ0v) is 13.9. The van der Waals surface area contributed by atoms with E-state index in [1.807, 2.05) is 6.92 Å². The largest absolute Gasteiger partial charge is 0.309 e. The Bertz CT molecular complexity index is 580. The Kier molecular flexibility index (Phi) is 5.67. The quantitative estimate of drug-likeness (QED) is 0.857. The average molecular weight is 328 g/mol. The SMILES string of the molecule is CCNC(Cc1c(F)cccc1Cl)c1snnc1C(C)C. The summed E-state index contributed by atoms with van der Waals surface area (Å²) < 4.78 is 18.1. The first-order valence-corrected chi connectivity index (χ1v) is 8.18. The van der Waals surface area contributed by atoms with Gasteiger partial charge < -0.3 is 5.32 Å². The summed E-state index contributed by atoms with van der Waals surface area (Å²) >= 11 is 7.51. The molecule has 1 N–H and O–H groups in total. The average Bonchev–Trinajstić information content (AvgIpc) is 2.91. The molecule has 1 heterocycles. The number of rotatable bonds is 6. The van der Waals surface area contributed by atoms with Gasteiger partial charge in [0.05, 0.1) is 10.6 Å². The minimum absolute atomic E-state index is 0.0261. The summed E-state index contributed by atoms with van der Waals surface area (Å²) in [5.41, 5.74) is 1.51. The summed E-state index contributed by atoms with van der Waals surface area (Å²) in [6, 6.07) is 4.76. The van der Waals surface area contributed by atoms with Crippen molar-refractivity contribution in [2.45, 2.75) is 39.2 Å². The zero-order chi connectivity index (χ0) is 15.4. The second kappa shape index (κ2) is 7.29. The lowest BCUT2D eigenvalue weighted by Gasteiger charge is -2.19. The van der Waals surface area contributed by atoms with Crippen molar-refractivity contribution in [3.05, 3.63) is 45.2 Å². The van der Waals surface area contributed by atoms with Gasteiger partial charge in [0, 0.05) is 16.6 Å². The van der Waals surface area contributed by atoms with Crippen LogP contribution in [0.1, 0.15) is 48.9 Å². The van der Waals surface area contributed by atoms with Crippen LogP contribution in [-0.2, 0) is 6.42 Å². The van der Waals surface area contributed by atoms with Crippen LogP contribution < -0.4 is 5.32 Å². The first-order chi connectivity index (χ1) is 10.0. The van der Waals surface area contributed by atoms with Crippen LogP contribution in [-0.4, -0.2) is 16.1 Å². The van der Waals surface area contributed by atoms with E-state index in [0.29, 0.717) is 17.0 Å². The van der Waals surface area contributed by atoms with Crippen LogP contribution in [0.4, 0.5) is 4.39 Å². The highest BCUT2D eigenvalue weighted by molar-refractivity contribution is 7.05. The van der Waals surface area contributed by atoms with Gasteiger partial charge in [0.15, 0.2) is 0 Å². The minimum Gasteiger partial charge on any atom is -0.309 e. The lowest BCUT2D eigenvalue weighted by Crippen LogP contribution is -2.24. The van der Waals surface area contributed by atoms with Gasteiger partial charge in [0.2, 0.25) is 0 Å². The summed E-state index contributed by atoms with van der Waals surface area (Å²) in [4.78, 5) is 1.06. The molecule has 3 nitrogen and oxygen atoms in total. The number of benzene rings is 1. The standard InChI is InChI=1S/C15H19ClFN3S/c1-4-18-13(15-14(9(2)3)19-20-21-15)8-10-11(16)6-5-7-12(10)17/h5-7,9,13,18H,4,8H2,1-3H3. The van der Waals surface area contributed by atoms with Gasteiger partial charge in [-0.2, -0.15) is 0 Å². The Morgan fingerprint density at radius 1 is 1.38 bits per heavy atom. The van der Waals surface area contributed by atoms with Gasteiger partial charge in [-0.15, -0.1) is 5.10 Å². The zero-order valence-electron chi connectivity index (χ0n) is 12.4. The highest BCUT2D eigenvalue weighted by Gasteiger charge is 2.23. The van der Waals surface area contributed by atoms with Crippen LogP contribution in [0, 0.1) is 5.82 Å². The van der Waals surface area contributed by atoms with E-state index in [-0.39, 0.29) is 17.8 Å². The third-order valence-electron chi connectivity index (χ3n) is 3.32. The molecule has 0 spiro atoms. The molecule has 1 unspecified atom stereocenters. The van der Waals surface area contributed by atoms with Crippen LogP contribution in [0.15, 0.2) is 18.2 Å². The van der Waals surface area contributed by atoms with Gasteiger partial charge in [-0.25, -0.2) is 4.39 Å². The molecule has 0 radical (unpaired) electrons. The number of likely N-dealkylation sites (N-methyl/N-ethyl adjacent to an activating group) is 1. The monoisotopic (exact) mass is 327 g/mol. The fourth-order valence-electron chi connectivity index (χ4n) is 2.28. The molecule has 1 aromatic heterocycles. The van der Waals surface area contributed by atoms with Gasteiger partial charge in [0.25, 0.3) is 0 Å². The third kappa shape index (κ3) is 3.78. The Labute approximate surface area is 133 Å². The van der Waals surface area contributed by atoms with E-state index < -0.39 is 0 Å². The maximum Gasteiger partial charge on any atom is 0.127 e. The molecule has 1 aromatic carbocycles. The first-order valence-electron chi connectivity index (χ1n) is 7.03. The normalized spacial score (nSPS) is 12.9. The van der Waals surface area contributed by atoms with Crippen molar-refractivity contribution in [2.75, 3.05) is 6.54 Å². The van der Waals surface area contributed by atoms with Crippen molar-refractivity contribution >= 4 is 23.1 Å². The minimum atomic E-state index is -0.269. The van der Waals surface area contributed by atoms with Crippen molar-refractivity contribution in [1.82, 2.24) is 14.9 Å². The van der Waals surface area contributed by atoms with Crippen molar-refractivity contribution in [2.24, 2.45) is 0 Å². The fourth-order valence-corrected chi connectivity index (χ4v) is 3.40. The van der Waals surface area contributed by atoms with Crippen molar-refractivity contribution in [1.29, 1.82) is 0 Å². The van der Waals surface area contributed by atoms with Gasteiger partial charge in [-0.1, -0.05) is 42.9 Å². The lowest BCUT2D eigenvalue weighted by molar-refractivity contribution is 0.528. The smallest absolute Gasteiger partial charge is 0.127 e. The van der Waals surface area contributed by atoms with Crippen LogP contribution in [0.25, 0.3) is 0 Å². The van der Waals surface area contributed by atoms with Crippen molar-refractivity contribution < 1.29 is 4.39 Å². The molecule has 21 heavy (non-hydrogen) atoms. The fraction of sp³-hybridized carbons (Fsp3) is 0.467. The maximum atomic E-state index is 14.0. The third-order valence-corrected chi connectivity index (χ3v) is 4.53. The van der Waals surface area contributed by atoms with Gasteiger partial charge in [-0.05, 0) is 42.5 Å². The van der Waals surface area contributed by atoms with E-state index in [1.165, 1.54) is 17.6 Å². The van der Waals surface area contributed by atoms with E-state index >= 15 is 0 Å². The van der Waals surface area contributed by atoms with Gasteiger partial charge in [-0.3, -0.25) is 0 Å². The number of nitrogens with one attached hydrogen (secondary N) is 1. The van der Waals surface area contributed by atoms with Gasteiger partial charge >= 0.3 is 0 Å². The van der Waals surface area contributed by atoms with Crippen LogP contribution >= 0.6 is 23.1 Å². The molecule has 1 atom stereocenters. The van der Waals surface area contributed by atoms with Crippen LogP contribution in [0.5, 0.6) is 0 Å². The second-order valence-electron chi connectivity index (χ2n) is 5.19. The number of aromatic nitrogens is 2. The second-order valence-corrected chi connectivity index (χ2v) is 6.38. The molecular weight excluding hydrogens is 309 g/mol. The number of hydrogen-bond donors (Lipinski definition) is 1. The summed E-state index contributed by atoms with van der Waals surface area (Å²) in [6.45, 7) is 6.98. The summed E-state index contributed by atoms with van der Waals surface area (Å²) in [7, 11) is 0. The molecule has 114 valence electrons. The molecule has 0 fully saturated rings. The van der Waals surface area contributed by atoms with Crippen molar-refractivity contribution in [3.63, 3.8) is 0 Å². The predicted molar refractivity (Wildman–Crippen MR) is 85.5 cm³/mol. The summed E-state index contributed by atoms with van der Waals surface area (Å²) in [6.07, 6.45) is 0.489. The maximum absolute atomic E-state index is 14.0. The molecule has 2 rings (SSSR count). The molecule has 0 aliphatic rings. The highest BCUT2D eigenvalue weighted by Crippen LogP contribution is 2.31. The molecule has 0 aliphatic carbocycles. The molecular formula is C15H19ClFN3S.